The van der Waals surface area contributed by atoms with Crippen LogP contribution in [0.25, 0.3) is 0 Å². The Bertz CT molecular complexity index is 436. The molecule has 2 N–H and O–H groups in total. The van der Waals surface area contributed by atoms with Crippen molar-refractivity contribution in [3.63, 3.8) is 0 Å². The molecule has 0 fully saturated rings. The molecule has 29 heavy (non-hydrogen) atoms. The molecule has 4 nitrogen and oxygen atoms in total. The predicted molar refractivity (Wildman–Crippen MR) is 125 cm³/mol. The van der Waals surface area contributed by atoms with Gasteiger partial charge < -0.3 is 5.11 Å². The molecular formula is C24H50O4S. The first-order valence-electron chi connectivity index (χ1n) is 12.6. The highest BCUT2D eigenvalue weighted by Crippen LogP contribution is 2.19. The zero-order valence-electron chi connectivity index (χ0n) is 19.4. The molecule has 0 aromatic rings. The maximum absolute atomic E-state index is 11.5. The molecule has 176 valence electrons. The van der Waals surface area contributed by atoms with Crippen molar-refractivity contribution in [2.75, 3.05) is 0 Å². The number of aliphatic hydroxyl groups excluding tert-OH is 1. The molecule has 0 aliphatic rings. The summed E-state index contributed by atoms with van der Waals surface area (Å²) >= 11 is 0. The molecule has 0 amide bonds. The van der Waals surface area contributed by atoms with Crippen LogP contribution < -0.4 is 0 Å². The first-order chi connectivity index (χ1) is 13.9. The lowest BCUT2D eigenvalue weighted by Gasteiger charge is -2.13. The van der Waals surface area contributed by atoms with Crippen molar-refractivity contribution in [3.05, 3.63) is 0 Å². The minimum absolute atomic E-state index is 0.0926. The molecule has 0 heterocycles. The standard InChI is InChI=1S/C24H50O4S/c1-3-5-17-21-24(29(26,27)28)22-19-16-14-12-10-8-6-7-9-11-13-15-18-20-23(25)4-2/h23-25H,3-22H2,1-2H3,(H,26,27,28). The zero-order valence-corrected chi connectivity index (χ0v) is 20.2. The van der Waals surface area contributed by atoms with Gasteiger partial charge >= 0.3 is 0 Å². The first-order valence-corrected chi connectivity index (χ1v) is 14.1. The van der Waals surface area contributed by atoms with Crippen molar-refractivity contribution >= 4 is 10.1 Å². The van der Waals surface area contributed by atoms with Gasteiger partial charge in [0.2, 0.25) is 0 Å². The normalized spacial score (nSPS) is 14.2. The molecule has 0 spiro atoms. The second kappa shape index (κ2) is 19.8. The van der Waals surface area contributed by atoms with Gasteiger partial charge in [-0.2, -0.15) is 8.42 Å². The van der Waals surface area contributed by atoms with Crippen LogP contribution in [0.3, 0.4) is 0 Å². The Kier molecular flexibility index (Phi) is 19.7. The molecule has 2 atom stereocenters. The summed E-state index contributed by atoms with van der Waals surface area (Å²) in [6.07, 6.45) is 22.0. The molecule has 0 radical (unpaired) electrons. The van der Waals surface area contributed by atoms with E-state index in [1.54, 1.807) is 0 Å². The zero-order chi connectivity index (χ0) is 21.8. The summed E-state index contributed by atoms with van der Waals surface area (Å²) in [5.41, 5.74) is 0. The van der Waals surface area contributed by atoms with Crippen molar-refractivity contribution in [2.24, 2.45) is 0 Å². The monoisotopic (exact) mass is 434 g/mol. The van der Waals surface area contributed by atoms with Crippen molar-refractivity contribution < 1.29 is 18.1 Å². The second-order valence-corrected chi connectivity index (χ2v) is 10.6. The fourth-order valence-electron chi connectivity index (χ4n) is 3.96. The fourth-order valence-corrected chi connectivity index (χ4v) is 4.89. The van der Waals surface area contributed by atoms with Crippen LogP contribution in [0.1, 0.15) is 142 Å². The highest BCUT2D eigenvalue weighted by molar-refractivity contribution is 7.86. The van der Waals surface area contributed by atoms with Gasteiger partial charge in [-0.3, -0.25) is 4.55 Å². The van der Waals surface area contributed by atoms with Crippen LogP contribution in [-0.2, 0) is 10.1 Å². The maximum atomic E-state index is 11.5. The second-order valence-electron chi connectivity index (χ2n) is 8.87. The van der Waals surface area contributed by atoms with Gasteiger partial charge in [0.1, 0.15) is 0 Å². The van der Waals surface area contributed by atoms with Crippen LogP contribution >= 0.6 is 0 Å². The van der Waals surface area contributed by atoms with Gasteiger partial charge in [0, 0.05) is 0 Å². The van der Waals surface area contributed by atoms with Crippen LogP contribution in [0.5, 0.6) is 0 Å². The van der Waals surface area contributed by atoms with E-state index < -0.39 is 15.4 Å². The number of hydrogen-bond donors (Lipinski definition) is 2. The van der Waals surface area contributed by atoms with Crippen molar-refractivity contribution in [3.8, 4) is 0 Å². The molecule has 0 bridgehead atoms. The van der Waals surface area contributed by atoms with Gasteiger partial charge in [-0.1, -0.05) is 117 Å². The lowest BCUT2D eigenvalue weighted by Crippen LogP contribution is -2.20. The number of hydrogen-bond acceptors (Lipinski definition) is 3. The van der Waals surface area contributed by atoms with Crippen molar-refractivity contribution in [1.82, 2.24) is 0 Å². The molecule has 0 aromatic heterocycles. The molecule has 5 heteroatoms. The minimum Gasteiger partial charge on any atom is -0.393 e. The van der Waals surface area contributed by atoms with E-state index in [4.69, 9.17) is 0 Å². The summed E-state index contributed by atoms with van der Waals surface area (Å²) in [4.78, 5) is 0. The lowest BCUT2D eigenvalue weighted by molar-refractivity contribution is 0.156. The Labute approximate surface area is 182 Å². The van der Waals surface area contributed by atoms with Crippen molar-refractivity contribution in [2.45, 2.75) is 154 Å². The molecule has 0 aliphatic heterocycles. The molecule has 0 saturated heterocycles. The Morgan fingerprint density at radius 3 is 1.28 bits per heavy atom. The number of aliphatic hydroxyl groups is 1. The molecule has 0 rings (SSSR count). The predicted octanol–water partition coefficient (Wildman–Crippen LogP) is 7.45. The lowest BCUT2D eigenvalue weighted by atomic mass is 10.0. The molecule has 0 saturated carbocycles. The summed E-state index contributed by atoms with van der Waals surface area (Å²) in [6.45, 7) is 4.14. The smallest absolute Gasteiger partial charge is 0.267 e. The van der Waals surface area contributed by atoms with Crippen LogP contribution in [0.2, 0.25) is 0 Å². The summed E-state index contributed by atoms with van der Waals surface area (Å²) in [5, 5.41) is 8.96. The van der Waals surface area contributed by atoms with E-state index in [0.29, 0.717) is 12.8 Å². The van der Waals surface area contributed by atoms with Crippen LogP contribution in [0, 0.1) is 0 Å². The third-order valence-electron chi connectivity index (χ3n) is 6.09. The van der Waals surface area contributed by atoms with E-state index in [1.165, 1.54) is 70.6 Å². The minimum atomic E-state index is -3.88. The number of rotatable bonds is 22. The molecule has 0 aliphatic carbocycles. The third kappa shape index (κ3) is 19.6. The van der Waals surface area contributed by atoms with Gasteiger partial charge in [0.05, 0.1) is 11.4 Å². The maximum Gasteiger partial charge on any atom is 0.267 e. The van der Waals surface area contributed by atoms with Crippen LogP contribution in [0.15, 0.2) is 0 Å². The Balaban J connectivity index is 3.41. The highest BCUT2D eigenvalue weighted by atomic mass is 32.2. The quantitative estimate of drug-likeness (QED) is 0.137. The summed E-state index contributed by atoms with van der Waals surface area (Å²) in [6, 6.07) is 0. The van der Waals surface area contributed by atoms with Gasteiger partial charge in [-0.15, -0.1) is 0 Å². The van der Waals surface area contributed by atoms with Gasteiger partial charge in [-0.05, 0) is 25.7 Å². The van der Waals surface area contributed by atoms with Crippen LogP contribution in [0.4, 0.5) is 0 Å². The average molecular weight is 435 g/mol. The van der Waals surface area contributed by atoms with E-state index in [9.17, 15) is 18.1 Å². The summed E-state index contributed by atoms with van der Waals surface area (Å²) in [5.74, 6) is 0. The van der Waals surface area contributed by atoms with Crippen molar-refractivity contribution in [1.29, 1.82) is 0 Å². The largest absolute Gasteiger partial charge is 0.393 e. The fraction of sp³-hybridized carbons (Fsp3) is 1.00. The SMILES string of the molecule is CCCCCC(CCCCCCCCCCCCCCCC(O)CC)S(=O)(=O)O. The summed E-state index contributed by atoms with van der Waals surface area (Å²) in [7, 11) is -3.88. The van der Waals surface area contributed by atoms with Crippen LogP contribution in [-0.4, -0.2) is 29.4 Å². The van der Waals surface area contributed by atoms with E-state index in [2.05, 4.69) is 6.92 Å². The van der Waals surface area contributed by atoms with E-state index >= 15 is 0 Å². The third-order valence-corrected chi connectivity index (χ3v) is 7.40. The number of unbranched alkanes of at least 4 members (excludes halogenated alkanes) is 14. The van der Waals surface area contributed by atoms with E-state index in [-0.39, 0.29) is 6.10 Å². The average Bonchev–Trinajstić information content (AvgIpc) is 2.68. The molecular weight excluding hydrogens is 384 g/mol. The molecule has 2 unspecified atom stereocenters. The topological polar surface area (TPSA) is 74.6 Å². The Morgan fingerprint density at radius 2 is 0.931 bits per heavy atom. The van der Waals surface area contributed by atoms with E-state index in [0.717, 1.165) is 44.9 Å². The van der Waals surface area contributed by atoms with E-state index in [1.807, 2.05) is 6.92 Å². The Hall–Kier alpha value is -0.130. The highest BCUT2D eigenvalue weighted by Gasteiger charge is 2.21. The summed E-state index contributed by atoms with van der Waals surface area (Å²) < 4.78 is 32.3. The van der Waals surface area contributed by atoms with Gasteiger partial charge in [0.15, 0.2) is 0 Å². The van der Waals surface area contributed by atoms with Gasteiger partial charge in [-0.25, -0.2) is 0 Å². The first kappa shape index (κ1) is 28.9. The van der Waals surface area contributed by atoms with Gasteiger partial charge in [0.25, 0.3) is 10.1 Å². The Morgan fingerprint density at radius 1 is 0.586 bits per heavy atom. The molecule has 0 aromatic carbocycles.